The van der Waals surface area contributed by atoms with Crippen molar-refractivity contribution in [2.24, 2.45) is 11.1 Å². The van der Waals surface area contributed by atoms with Crippen LogP contribution in [0.1, 0.15) is 40.0 Å². The van der Waals surface area contributed by atoms with E-state index in [2.05, 4.69) is 5.18 Å². The molecule has 3 nitrogen and oxygen atoms in total. The van der Waals surface area contributed by atoms with E-state index < -0.39 is 5.54 Å². The minimum absolute atomic E-state index is 0.100. The molecule has 0 saturated carbocycles. The van der Waals surface area contributed by atoms with Crippen molar-refractivity contribution in [1.82, 2.24) is 0 Å². The van der Waals surface area contributed by atoms with Crippen LogP contribution in [0, 0.1) is 10.8 Å². The monoisotopic (exact) mass is 297 g/mol. The molecule has 4 heteroatoms. The molecule has 0 aromatic heterocycles. The SMILES string of the molecule is CC(CCCC(C)(C)N=O)C(=O)I. The van der Waals surface area contributed by atoms with Crippen LogP contribution in [-0.4, -0.2) is 9.33 Å². The highest BCUT2D eigenvalue weighted by molar-refractivity contribution is 14.1. The van der Waals surface area contributed by atoms with Gasteiger partial charge < -0.3 is 0 Å². The van der Waals surface area contributed by atoms with Crippen LogP contribution in [0.2, 0.25) is 0 Å². The van der Waals surface area contributed by atoms with E-state index >= 15 is 0 Å². The number of nitroso groups, excluding NO2 is 1. The molecule has 0 spiro atoms. The Hall–Kier alpha value is 0. The van der Waals surface area contributed by atoms with Crippen molar-refractivity contribution in [1.29, 1.82) is 0 Å². The summed E-state index contributed by atoms with van der Waals surface area (Å²) >= 11 is 1.81. The fourth-order valence-electron chi connectivity index (χ4n) is 1.000. The predicted molar refractivity (Wildman–Crippen MR) is 61.9 cm³/mol. The van der Waals surface area contributed by atoms with Crippen LogP contribution in [0.3, 0.4) is 0 Å². The summed E-state index contributed by atoms with van der Waals surface area (Å²) in [5.41, 5.74) is -0.478. The van der Waals surface area contributed by atoms with Gasteiger partial charge >= 0.3 is 0 Å². The van der Waals surface area contributed by atoms with E-state index in [-0.39, 0.29) is 9.71 Å². The molecule has 0 fully saturated rings. The van der Waals surface area contributed by atoms with Crippen molar-refractivity contribution in [3.8, 4) is 0 Å². The Balaban J connectivity index is 3.68. The summed E-state index contributed by atoms with van der Waals surface area (Å²) in [5, 5.41) is 3.03. The summed E-state index contributed by atoms with van der Waals surface area (Å²) in [6, 6.07) is 0. The molecule has 0 aliphatic rings. The van der Waals surface area contributed by atoms with Gasteiger partial charge in [-0.3, -0.25) is 4.79 Å². The zero-order valence-electron chi connectivity index (χ0n) is 8.34. The number of rotatable bonds is 6. The van der Waals surface area contributed by atoms with E-state index in [1.807, 2.05) is 43.4 Å². The van der Waals surface area contributed by atoms with Crippen LogP contribution in [0.15, 0.2) is 5.18 Å². The van der Waals surface area contributed by atoms with Crippen LogP contribution in [0.4, 0.5) is 0 Å². The van der Waals surface area contributed by atoms with Gasteiger partial charge in [0, 0.05) is 5.92 Å². The summed E-state index contributed by atoms with van der Waals surface area (Å²) in [7, 11) is 0. The molecule has 13 heavy (non-hydrogen) atoms. The molecule has 0 aliphatic heterocycles. The number of hydrogen-bond acceptors (Lipinski definition) is 3. The summed E-state index contributed by atoms with van der Waals surface area (Å²) in [4.78, 5) is 21.2. The zero-order valence-corrected chi connectivity index (χ0v) is 10.5. The Bertz CT molecular complexity index is 192. The maximum atomic E-state index is 10.9. The lowest BCUT2D eigenvalue weighted by molar-refractivity contribution is -0.112. The zero-order chi connectivity index (χ0) is 10.5. The van der Waals surface area contributed by atoms with Crippen molar-refractivity contribution >= 4 is 26.4 Å². The Labute approximate surface area is 92.8 Å². The van der Waals surface area contributed by atoms with Crippen molar-refractivity contribution in [3.05, 3.63) is 4.91 Å². The van der Waals surface area contributed by atoms with Gasteiger partial charge in [-0.1, -0.05) is 18.5 Å². The number of carbonyl (C=O) groups excluding carboxylic acids is 1. The third kappa shape index (κ3) is 6.12. The fourth-order valence-corrected chi connectivity index (χ4v) is 1.31. The van der Waals surface area contributed by atoms with Crippen LogP contribution < -0.4 is 0 Å². The highest BCUT2D eigenvalue weighted by Crippen LogP contribution is 2.20. The van der Waals surface area contributed by atoms with Gasteiger partial charge in [0.1, 0.15) is 0 Å². The third-order valence-corrected chi connectivity index (χ3v) is 3.12. The predicted octanol–water partition coefficient (Wildman–Crippen LogP) is 3.30. The van der Waals surface area contributed by atoms with Gasteiger partial charge in [-0.05, 0) is 49.3 Å². The molecule has 76 valence electrons. The van der Waals surface area contributed by atoms with Crippen molar-refractivity contribution in [2.45, 2.75) is 45.6 Å². The first-order chi connectivity index (χ1) is 5.89. The molecule has 0 aromatic rings. The molecule has 0 heterocycles. The highest BCUT2D eigenvalue weighted by Gasteiger charge is 2.18. The van der Waals surface area contributed by atoms with E-state index in [1.165, 1.54) is 0 Å². The molecular formula is C9H16INO2. The second-order valence-electron chi connectivity index (χ2n) is 4.00. The number of hydrogen-bond donors (Lipinski definition) is 0. The average molecular weight is 297 g/mol. The van der Waals surface area contributed by atoms with E-state index in [1.54, 1.807) is 0 Å². The molecule has 0 amide bonds. The standard InChI is InChI=1S/C9H16INO2/c1-7(8(10)12)5-4-6-9(2,3)11-13/h7H,4-6H2,1-3H3. The Morgan fingerprint density at radius 1 is 1.54 bits per heavy atom. The molecule has 1 unspecified atom stereocenters. The fraction of sp³-hybridized carbons (Fsp3) is 0.889. The molecule has 0 aromatic carbocycles. The summed E-state index contributed by atoms with van der Waals surface area (Å²) < 4.78 is 0.189. The first kappa shape index (κ1) is 13.0. The largest absolute Gasteiger partial charge is 0.288 e. The molecular weight excluding hydrogens is 281 g/mol. The Kier molecular flexibility index (Phi) is 5.67. The Morgan fingerprint density at radius 2 is 2.08 bits per heavy atom. The van der Waals surface area contributed by atoms with Crippen molar-refractivity contribution < 1.29 is 4.79 Å². The summed E-state index contributed by atoms with van der Waals surface area (Å²) in [5.74, 6) is 0.100. The first-order valence-corrected chi connectivity index (χ1v) is 5.51. The van der Waals surface area contributed by atoms with Crippen molar-refractivity contribution in [2.75, 3.05) is 0 Å². The molecule has 0 bridgehead atoms. The lowest BCUT2D eigenvalue weighted by Crippen LogP contribution is -2.16. The quantitative estimate of drug-likeness (QED) is 0.429. The van der Waals surface area contributed by atoms with E-state index in [0.29, 0.717) is 0 Å². The van der Waals surface area contributed by atoms with Gasteiger partial charge in [0.2, 0.25) is 0 Å². The average Bonchev–Trinajstić information content (AvgIpc) is 2.04. The lowest BCUT2D eigenvalue weighted by Gasteiger charge is -2.15. The summed E-state index contributed by atoms with van der Waals surface area (Å²) in [6.07, 6.45) is 2.49. The number of nitrogens with zero attached hydrogens (tertiary/aromatic N) is 1. The van der Waals surface area contributed by atoms with Crippen LogP contribution in [0.5, 0.6) is 0 Å². The minimum atomic E-state index is -0.478. The van der Waals surface area contributed by atoms with E-state index in [4.69, 9.17) is 0 Å². The maximum Gasteiger partial charge on any atom is 0.195 e. The van der Waals surface area contributed by atoms with Gasteiger partial charge in [-0.2, -0.15) is 4.91 Å². The minimum Gasteiger partial charge on any atom is -0.288 e. The summed E-state index contributed by atoms with van der Waals surface area (Å²) in [6.45, 7) is 5.54. The highest BCUT2D eigenvalue weighted by atomic mass is 127. The normalized spacial score (nSPS) is 13.8. The van der Waals surface area contributed by atoms with Gasteiger partial charge in [0.25, 0.3) is 0 Å². The lowest BCUT2D eigenvalue weighted by atomic mass is 9.95. The van der Waals surface area contributed by atoms with Crippen LogP contribution >= 0.6 is 22.6 Å². The molecule has 0 N–H and O–H groups in total. The maximum absolute atomic E-state index is 10.9. The van der Waals surface area contributed by atoms with E-state index in [9.17, 15) is 9.70 Å². The van der Waals surface area contributed by atoms with Crippen molar-refractivity contribution in [3.63, 3.8) is 0 Å². The van der Waals surface area contributed by atoms with Crippen LogP contribution in [-0.2, 0) is 4.79 Å². The molecule has 0 radical (unpaired) electrons. The first-order valence-electron chi connectivity index (χ1n) is 4.43. The van der Waals surface area contributed by atoms with Gasteiger partial charge in [-0.15, -0.1) is 0 Å². The smallest absolute Gasteiger partial charge is 0.195 e. The second-order valence-corrected chi connectivity index (χ2v) is 5.06. The van der Waals surface area contributed by atoms with Gasteiger partial charge in [0.05, 0.1) is 5.54 Å². The second kappa shape index (κ2) is 5.67. The number of carbonyl (C=O) groups is 1. The molecule has 0 rings (SSSR count). The molecule has 0 saturated heterocycles. The Morgan fingerprint density at radius 3 is 2.46 bits per heavy atom. The van der Waals surface area contributed by atoms with Gasteiger partial charge in [0.15, 0.2) is 3.79 Å². The van der Waals surface area contributed by atoms with Crippen LogP contribution in [0.25, 0.3) is 0 Å². The molecule has 1 atom stereocenters. The molecule has 0 aliphatic carbocycles. The third-order valence-electron chi connectivity index (χ3n) is 2.06. The topological polar surface area (TPSA) is 46.5 Å². The number of halogens is 1. The van der Waals surface area contributed by atoms with Gasteiger partial charge in [-0.25, -0.2) is 0 Å². The van der Waals surface area contributed by atoms with E-state index in [0.717, 1.165) is 19.3 Å².